The lowest BCUT2D eigenvalue weighted by Gasteiger charge is -2.02. The van der Waals surface area contributed by atoms with E-state index in [1.807, 2.05) is 19.1 Å². The third-order valence-electron chi connectivity index (χ3n) is 2.43. The van der Waals surface area contributed by atoms with Gasteiger partial charge in [-0.15, -0.1) is 10.2 Å². The fourth-order valence-electron chi connectivity index (χ4n) is 1.55. The fraction of sp³-hybridized carbons (Fsp3) is 0.100. The molecule has 0 unspecified atom stereocenters. The summed E-state index contributed by atoms with van der Waals surface area (Å²) in [5.74, 6) is 0.753. The molecule has 0 saturated carbocycles. The number of aromatic nitrogens is 4. The third-order valence-corrected chi connectivity index (χ3v) is 3.69. The van der Waals surface area contributed by atoms with E-state index in [9.17, 15) is 0 Å². The van der Waals surface area contributed by atoms with Gasteiger partial charge in [-0.3, -0.25) is 0 Å². The Labute approximate surface area is 106 Å². The number of fused-ring (bicyclic) bond motifs is 1. The molecule has 2 aromatic heterocycles. The smallest absolute Gasteiger partial charge is 0.234 e. The Balaban J connectivity index is 2.23. The normalized spacial score (nSPS) is 11.2. The fourth-order valence-corrected chi connectivity index (χ4v) is 2.65. The van der Waals surface area contributed by atoms with Gasteiger partial charge >= 0.3 is 0 Å². The maximum Gasteiger partial charge on any atom is 0.234 e. The number of aryl methyl sites for hydroxylation is 1. The average Bonchev–Trinajstić information content (AvgIpc) is 2.85. The van der Waals surface area contributed by atoms with Crippen LogP contribution in [-0.2, 0) is 0 Å². The number of hydrogen-bond donors (Lipinski definition) is 1. The van der Waals surface area contributed by atoms with Crippen LogP contribution >= 0.6 is 22.9 Å². The highest BCUT2D eigenvalue weighted by molar-refractivity contribution is 7.19. The van der Waals surface area contributed by atoms with Gasteiger partial charge in [-0.1, -0.05) is 29.0 Å². The van der Waals surface area contributed by atoms with E-state index < -0.39 is 0 Å². The first kappa shape index (κ1) is 10.5. The number of hydrogen-bond acceptors (Lipinski definition) is 5. The van der Waals surface area contributed by atoms with Crippen molar-refractivity contribution in [2.45, 2.75) is 6.92 Å². The minimum atomic E-state index is 0.533. The summed E-state index contributed by atoms with van der Waals surface area (Å²) in [6.07, 6.45) is 0. The van der Waals surface area contributed by atoms with E-state index in [0.717, 1.165) is 21.4 Å². The van der Waals surface area contributed by atoms with Gasteiger partial charge in [0, 0.05) is 5.56 Å². The van der Waals surface area contributed by atoms with Gasteiger partial charge in [0.1, 0.15) is 5.01 Å². The maximum absolute atomic E-state index is 5.98. The number of rotatable bonds is 1. The average molecular weight is 266 g/mol. The van der Waals surface area contributed by atoms with Gasteiger partial charge in [-0.25, -0.2) is 0 Å². The highest BCUT2D eigenvalue weighted by Crippen LogP contribution is 2.33. The molecular weight excluding hydrogens is 258 g/mol. The van der Waals surface area contributed by atoms with Gasteiger partial charge in [0.05, 0.1) is 10.7 Å². The molecule has 2 heterocycles. The Morgan fingerprint density at radius 3 is 2.94 bits per heavy atom. The highest BCUT2D eigenvalue weighted by Gasteiger charge is 2.13. The molecular formula is C10H8ClN5S. The number of nitrogens with zero attached hydrogens (tertiary/aromatic N) is 4. The Hall–Kier alpha value is -1.66. The molecule has 2 N–H and O–H groups in total. The van der Waals surface area contributed by atoms with Crippen molar-refractivity contribution >= 4 is 33.6 Å². The highest BCUT2D eigenvalue weighted by atomic mass is 35.5. The molecule has 0 aliphatic carbocycles. The van der Waals surface area contributed by atoms with Crippen molar-refractivity contribution in [1.29, 1.82) is 0 Å². The van der Waals surface area contributed by atoms with Crippen LogP contribution in [0.25, 0.3) is 15.5 Å². The molecule has 7 heteroatoms. The monoisotopic (exact) mass is 265 g/mol. The van der Waals surface area contributed by atoms with E-state index in [4.69, 9.17) is 17.3 Å². The lowest BCUT2D eigenvalue weighted by Crippen LogP contribution is -1.93. The standard InChI is InChI=1S/C10H8ClN5S/c1-5-13-14-10-16(5)15-9(17-10)6-3-2-4-7(11)8(6)12/h2-4H,12H2,1H3. The molecule has 1 aromatic carbocycles. The molecule has 5 nitrogen and oxygen atoms in total. The minimum absolute atomic E-state index is 0.533. The topological polar surface area (TPSA) is 69.1 Å². The van der Waals surface area contributed by atoms with Crippen molar-refractivity contribution in [2.75, 3.05) is 5.73 Å². The Morgan fingerprint density at radius 1 is 1.35 bits per heavy atom. The Kier molecular flexibility index (Phi) is 2.27. The second-order valence-electron chi connectivity index (χ2n) is 3.55. The second-order valence-corrected chi connectivity index (χ2v) is 4.91. The van der Waals surface area contributed by atoms with Gasteiger partial charge in [0.2, 0.25) is 4.96 Å². The summed E-state index contributed by atoms with van der Waals surface area (Å²) in [6, 6.07) is 5.50. The van der Waals surface area contributed by atoms with Gasteiger partial charge in [-0.2, -0.15) is 9.61 Å². The molecule has 0 aliphatic heterocycles. The quantitative estimate of drug-likeness (QED) is 0.686. The van der Waals surface area contributed by atoms with Crippen LogP contribution in [0.1, 0.15) is 5.82 Å². The molecule has 17 heavy (non-hydrogen) atoms. The Bertz CT molecular complexity index is 702. The summed E-state index contributed by atoms with van der Waals surface area (Å²) in [5, 5.41) is 13.7. The number of benzene rings is 1. The first-order valence-corrected chi connectivity index (χ1v) is 6.09. The second kappa shape index (κ2) is 3.68. The third kappa shape index (κ3) is 1.57. The lowest BCUT2D eigenvalue weighted by atomic mass is 10.2. The van der Waals surface area contributed by atoms with Crippen molar-refractivity contribution in [1.82, 2.24) is 19.8 Å². The summed E-state index contributed by atoms with van der Waals surface area (Å²) < 4.78 is 1.69. The molecule has 3 rings (SSSR count). The molecule has 0 fully saturated rings. The lowest BCUT2D eigenvalue weighted by molar-refractivity contribution is 0.898. The van der Waals surface area contributed by atoms with Crippen LogP contribution < -0.4 is 5.73 Å². The zero-order valence-corrected chi connectivity index (χ0v) is 10.5. The van der Waals surface area contributed by atoms with E-state index in [-0.39, 0.29) is 0 Å². The molecule has 0 aliphatic rings. The van der Waals surface area contributed by atoms with Crippen molar-refractivity contribution in [3.8, 4) is 10.6 Å². The van der Waals surface area contributed by atoms with Crippen LogP contribution in [-0.4, -0.2) is 19.8 Å². The van der Waals surface area contributed by atoms with Crippen LogP contribution in [0.4, 0.5) is 5.69 Å². The van der Waals surface area contributed by atoms with Crippen LogP contribution in [0.2, 0.25) is 5.02 Å². The number of nitrogens with two attached hydrogens (primary N) is 1. The molecule has 86 valence electrons. The molecule has 0 radical (unpaired) electrons. The maximum atomic E-state index is 5.98. The number of halogens is 1. The summed E-state index contributed by atoms with van der Waals surface area (Å²) >= 11 is 7.42. The number of nitrogen functional groups attached to an aromatic ring is 1. The minimum Gasteiger partial charge on any atom is -0.397 e. The molecule has 0 bridgehead atoms. The van der Waals surface area contributed by atoms with E-state index in [2.05, 4.69) is 15.3 Å². The van der Waals surface area contributed by atoms with Crippen LogP contribution in [0.5, 0.6) is 0 Å². The molecule has 0 amide bonds. The molecule has 3 aromatic rings. The summed E-state index contributed by atoms with van der Waals surface area (Å²) in [6.45, 7) is 1.85. The molecule has 0 spiro atoms. The predicted octanol–water partition coefficient (Wildman–Crippen LogP) is 2.40. The van der Waals surface area contributed by atoms with Gasteiger partial charge in [-0.05, 0) is 19.1 Å². The van der Waals surface area contributed by atoms with Crippen molar-refractivity contribution in [3.63, 3.8) is 0 Å². The zero-order chi connectivity index (χ0) is 12.0. The Morgan fingerprint density at radius 2 is 2.18 bits per heavy atom. The van der Waals surface area contributed by atoms with Crippen molar-refractivity contribution in [2.24, 2.45) is 0 Å². The first-order chi connectivity index (χ1) is 8.16. The van der Waals surface area contributed by atoms with Gasteiger partial charge < -0.3 is 5.73 Å². The van der Waals surface area contributed by atoms with Gasteiger partial charge in [0.25, 0.3) is 0 Å². The van der Waals surface area contributed by atoms with E-state index in [0.29, 0.717) is 10.7 Å². The first-order valence-electron chi connectivity index (χ1n) is 4.90. The largest absolute Gasteiger partial charge is 0.397 e. The summed E-state index contributed by atoms with van der Waals surface area (Å²) in [7, 11) is 0. The van der Waals surface area contributed by atoms with E-state index >= 15 is 0 Å². The van der Waals surface area contributed by atoms with Gasteiger partial charge in [0.15, 0.2) is 5.82 Å². The van der Waals surface area contributed by atoms with Crippen LogP contribution in [0.15, 0.2) is 18.2 Å². The number of anilines is 1. The number of para-hydroxylation sites is 1. The molecule has 0 saturated heterocycles. The summed E-state index contributed by atoms with van der Waals surface area (Å²) in [4.78, 5) is 0.747. The summed E-state index contributed by atoms with van der Waals surface area (Å²) in [5.41, 5.74) is 7.30. The van der Waals surface area contributed by atoms with Crippen molar-refractivity contribution in [3.05, 3.63) is 29.0 Å². The van der Waals surface area contributed by atoms with Crippen LogP contribution in [0, 0.1) is 6.92 Å². The molecule has 0 atom stereocenters. The zero-order valence-electron chi connectivity index (χ0n) is 8.88. The predicted molar refractivity (Wildman–Crippen MR) is 68.3 cm³/mol. The van der Waals surface area contributed by atoms with E-state index in [1.54, 1.807) is 10.6 Å². The van der Waals surface area contributed by atoms with Crippen molar-refractivity contribution < 1.29 is 0 Å². The van der Waals surface area contributed by atoms with Crippen LogP contribution in [0.3, 0.4) is 0 Å². The SMILES string of the molecule is Cc1nnc2sc(-c3cccc(Cl)c3N)nn12. The van der Waals surface area contributed by atoms with E-state index in [1.165, 1.54) is 11.3 Å².